The number of aliphatic carboxylic acids is 1. The molecule has 0 aliphatic heterocycles. The second-order valence-electron chi connectivity index (χ2n) is 4.37. The van der Waals surface area contributed by atoms with Crippen LogP contribution in [0.2, 0.25) is 0 Å². The number of nitrogens with two attached hydrogens (primary N) is 1. The fourth-order valence-electron chi connectivity index (χ4n) is 1.37. The van der Waals surface area contributed by atoms with E-state index in [1.807, 2.05) is 0 Å². The lowest BCUT2D eigenvalue weighted by molar-refractivity contribution is -0.138. The van der Waals surface area contributed by atoms with Crippen LogP contribution in [0.3, 0.4) is 0 Å². The van der Waals surface area contributed by atoms with E-state index in [1.54, 1.807) is 0 Å². The van der Waals surface area contributed by atoms with Crippen LogP contribution >= 0.6 is 0 Å². The van der Waals surface area contributed by atoms with Gasteiger partial charge in [0.15, 0.2) is 0 Å². The number of amides is 2. The van der Waals surface area contributed by atoms with E-state index < -0.39 is 24.2 Å². The number of oxime groups is 1. The zero-order chi connectivity index (χ0) is 17.7. The highest BCUT2D eigenvalue weighted by Gasteiger charge is 2.13. The summed E-state index contributed by atoms with van der Waals surface area (Å²) in [5.74, 6) is -1.05. The van der Waals surface area contributed by atoms with Crippen molar-refractivity contribution in [1.82, 2.24) is 15.7 Å². The van der Waals surface area contributed by atoms with Crippen molar-refractivity contribution in [3.05, 3.63) is 0 Å². The molecular weight excluding hydrogens is 310 g/mol. The van der Waals surface area contributed by atoms with E-state index in [0.29, 0.717) is 25.8 Å². The molecular formula is C12H23N5O6. The fraction of sp³-hybridized carbons (Fsp3) is 0.667. The van der Waals surface area contributed by atoms with E-state index in [-0.39, 0.29) is 6.54 Å². The van der Waals surface area contributed by atoms with Crippen molar-refractivity contribution in [2.45, 2.75) is 25.3 Å². The average molecular weight is 333 g/mol. The summed E-state index contributed by atoms with van der Waals surface area (Å²) in [6, 6.07) is -0.911. The Bertz CT molecular complexity index is 417. The summed E-state index contributed by atoms with van der Waals surface area (Å²) in [5, 5.41) is 17.9. The van der Waals surface area contributed by atoms with E-state index in [2.05, 4.69) is 20.6 Å². The lowest BCUT2D eigenvalue weighted by Gasteiger charge is -2.19. The zero-order valence-electron chi connectivity index (χ0n) is 13.2. The predicted octanol–water partition coefficient (Wildman–Crippen LogP) is -0.517. The topological polar surface area (TPSA) is 156 Å². The first-order chi connectivity index (χ1) is 10.9. The Labute approximate surface area is 133 Å². The zero-order valence-corrected chi connectivity index (χ0v) is 13.2. The lowest BCUT2D eigenvalue weighted by atomic mass is 10.1. The number of hydrogen-bond donors (Lipinski definition) is 4. The van der Waals surface area contributed by atoms with Gasteiger partial charge in [0, 0.05) is 20.6 Å². The minimum atomic E-state index is -1.05. The first kappa shape index (κ1) is 20.6. The van der Waals surface area contributed by atoms with Gasteiger partial charge in [0.05, 0.1) is 12.8 Å². The second-order valence-corrected chi connectivity index (χ2v) is 4.37. The normalized spacial score (nSPS) is 12.0. The Morgan fingerprint density at radius 1 is 1.26 bits per heavy atom. The van der Waals surface area contributed by atoms with Crippen molar-refractivity contribution < 1.29 is 29.2 Å². The largest absolute Gasteiger partial charge is 0.480 e. The summed E-state index contributed by atoms with van der Waals surface area (Å²) in [4.78, 5) is 42.0. The van der Waals surface area contributed by atoms with E-state index in [4.69, 9.17) is 15.7 Å². The first-order valence-electron chi connectivity index (χ1n) is 6.94. The van der Waals surface area contributed by atoms with Crippen molar-refractivity contribution in [1.29, 1.82) is 0 Å². The molecule has 0 aromatic carbocycles. The summed E-state index contributed by atoms with van der Waals surface area (Å²) < 4.78 is 0. The molecule has 0 heterocycles. The molecule has 0 radical (unpaired) electrons. The van der Waals surface area contributed by atoms with Crippen molar-refractivity contribution in [3.63, 3.8) is 0 Å². The molecule has 0 fully saturated rings. The molecule has 0 bridgehead atoms. The van der Waals surface area contributed by atoms with Gasteiger partial charge >= 0.3 is 18.2 Å². The van der Waals surface area contributed by atoms with Crippen LogP contribution in [-0.4, -0.2) is 67.8 Å². The van der Waals surface area contributed by atoms with Crippen LogP contribution in [0.25, 0.3) is 0 Å². The van der Waals surface area contributed by atoms with E-state index in [1.165, 1.54) is 25.4 Å². The van der Waals surface area contributed by atoms with Crippen molar-refractivity contribution in [2.24, 2.45) is 10.9 Å². The lowest BCUT2D eigenvalue weighted by Crippen LogP contribution is -2.34. The average Bonchev–Trinajstić information content (AvgIpc) is 2.53. The molecule has 11 heteroatoms. The van der Waals surface area contributed by atoms with E-state index >= 15 is 0 Å². The molecule has 0 saturated heterocycles. The molecule has 0 aromatic rings. The Morgan fingerprint density at radius 2 is 1.91 bits per heavy atom. The maximum absolute atomic E-state index is 11.2. The molecule has 2 amide bonds. The monoisotopic (exact) mass is 333 g/mol. The van der Waals surface area contributed by atoms with Crippen LogP contribution in [0, 0.1) is 0 Å². The minimum absolute atomic E-state index is 0.0927. The number of nitrogens with zero attached hydrogens (tertiary/aromatic N) is 2. The molecule has 0 unspecified atom stereocenters. The summed E-state index contributed by atoms with van der Waals surface area (Å²) in [6.07, 6.45) is 1.29. The maximum atomic E-state index is 11.2. The van der Waals surface area contributed by atoms with Gasteiger partial charge in [-0.05, 0) is 19.3 Å². The Kier molecular flexibility index (Phi) is 10.9. The predicted molar refractivity (Wildman–Crippen MR) is 80.6 cm³/mol. The number of hydrogen-bond acceptors (Lipinski definition) is 8. The molecule has 132 valence electrons. The molecule has 11 nitrogen and oxygen atoms in total. The smallest absolute Gasteiger partial charge is 0.433 e. The Morgan fingerprint density at radius 3 is 2.48 bits per heavy atom. The van der Waals surface area contributed by atoms with Crippen LogP contribution < -0.4 is 16.4 Å². The van der Waals surface area contributed by atoms with Crippen molar-refractivity contribution in [3.8, 4) is 0 Å². The maximum Gasteiger partial charge on any atom is 0.433 e. The highest BCUT2D eigenvalue weighted by Crippen LogP contribution is 2.02. The number of carboxylic acids is 1. The summed E-state index contributed by atoms with van der Waals surface area (Å²) in [7, 11) is 2.80. The molecule has 0 rings (SSSR count). The van der Waals surface area contributed by atoms with Gasteiger partial charge in [0.1, 0.15) is 6.04 Å². The fourth-order valence-corrected chi connectivity index (χ4v) is 1.37. The van der Waals surface area contributed by atoms with Gasteiger partial charge < -0.3 is 26.3 Å². The van der Waals surface area contributed by atoms with Gasteiger partial charge in [-0.15, -0.1) is 5.06 Å². The molecule has 0 aliphatic rings. The number of nitrogens with one attached hydrogen (secondary N) is 2. The molecule has 5 N–H and O–H groups in total. The van der Waals surface area contributed by atoms with Crippen LogP contribution in [0.5, 0.6) is 0 Å². The number of carboxylic acid groups (broad SMARTS) is 1. The third kappa shape index (κ3) is 10.9. The number of unbranched alkanes of at least 4 members (excludes halogenated alkanes) is 1. The number of carbonyl (C=O) groups is 3. The quantitative estimate of drug-likeness (QED) is 0.180. The standard InChI is InChI=1S/C12H23N5O6/c1-14-11(20)22-16-6-8-17(23-12(21)15-2)7-4-3-5-9(13)10(18)19/h6,9H,3-5,7-8,13H2,1-2H3,(H,14,20)(H,15,21)(H,18,19)/t9-/m0/s1. The van der Waals surface area contributed by atoms with Crippen LogP contribution in [0.1, 0.15) is 19.3 Å². The van der Waals surface area contributed by atoms with Crippen LogP contribution in [-0.2, 0) is 14.5 Å². The van der Waals surface area contributed by atoms with Crippen LogP contribution in [0.15, 0.2) is 5.16 Å². The van der Waals surface area contributed by atoms with Crippen LogP contribution in [0.4, 0.5) is 9.59 Å². The Hall–Kier alpha value is -2.40. The van der Waals surface area contributed by atoms with Gasteiger partial charge in [0.25, 0.3) is 0 Å². The summed E-state index contributed by atoms with van der Waals surface area (Å²) >= 11 is 0. The number of carbonyl (C=O) groups excluding carboxylic acids is 2. The van der Waals surface area contributed by atoms with Gasteiger partial charge in [-0.2, -0.15) is 0 Å². The Balaban J connectivity index is 4.21. The highest BCUT2D eigenvalue weighted by molar-refractivity contribution is 5.73. The van der Waals surface area contributed by atoms with Crippen molar-refractivity contribution >= 4 is 24.4 Å². The van der Waals surface area contributed by atoms with Gasteiger partial charge in [-0.25, -0.2) is 9.59 Å². The summed E-state index contributed by atoms with van der Waals surface area (Å²) in [6.45, 7) is 0.432. The number of hydroxylamine groups is 2. The van der Waals surface area contributed by atoms with Gasteiger partial charge in [-0.1, -0.05) is 5.16 Å². The SMILES string of the molecule is CNC(=O)ON=CCN(CCCC[C@H](N)C(=O)O)OC(=O)NC. The summed E-state index contributed by atoms with van der Waals surface area (Å²) in [5.41, 5.74) is 5.39. The second kappa shape index (κ2) is 12.2. The third-order valence-electron chi connectivity index (χ3n) is 2.61. The number of rotatable bonds is 10. The van der Waals surface area contributed by atoms with Gasteiger partial charge in [-0.3, -0.25) is 9.63 Å². The first-order valence-corrected chi connectivity index (χ1v) is 6.94. The molecule has 0 aliphatic carbocycles. The molecule has 23 heavy (non-hydrogen) atoms. The minimum Gasteiger partial charge on any atom is -0.480 e. The molecule has 0 saturated carbocycles. The van der Waals surface area contributed by atoms with E-state index in [9.17, 15) is 14.4 Å². The molecule has 1 atom stereocenters. The molecule has 0 aromatic heterocycles. The van der Waals surface area contributed by atoms with Gasteiger partial charge in [0.2, 0.25) is 0 Å². The van der Waals surface area contributed by atoms with E-state index in [0.717, 1.165) is 0 Å². The highest BCUT2D eigenvalue weighted by atomic mass is 16.7. The third-order valence-corrected chi connectivity index (χ3v) is 2.61. The molecule has 0 spiro atoms. The van der Waals surface area contributed by atoms with Crippen molar-refractivity contribution in [2.75, 3.05) is 27.2 Å².